The zero-order valence-corrected chi connectivity index (χ0v) is 15.6. The first-order valence-corrected chi connectivity index (χ1v) is 9.82. The van der Waals surface area contributed by atoms with Crippen molar-refractivity contribution in [3.63, 3.8) is 0 Å². The molecule has 26 heavy (non-hydrogen) atoms. The van der Waals surface area contributed by atoms with Gasteiger partial charge in [0.1, 0.15) is 11.6 Å². The minimum Gasteiger partial charge on any atom is -0.481 e. The average molecular weight is 380 g/mol. The fourth-order valence-electron chi connectivity index (χ4n) is 2.19. The highest BCUT2D eigenvalue weighted by Gasteiger charge is 2.19. The van der Waals surface area contributed by atoms with E-state index in [-0.39, 0.29) is 11.7 Å². The third-order valence-electron chi connectivity index (χ3n) is 3.73. The number of amides is 1. The molecule has 2 aromatic carbocycles. The van der Waals surface area contributed by atoms with Crippen molar-refractivity contribution in [2.75, 3.05) is 22.9 Å². The summed E-state index contributed by atoms with van der Waals surface area (Å²) in [6.45, 7) is 1.79. The first-order chi connectivity index (χ1) is 12.2. The Kier molecular flexibility index (Phi) is 6.20. The first kappa shape index (κ1) is 19.7. The lowest BCUT2D eigenvalue weighted by Gasteiger charge is -2.19. The summed E-state index contributed by atoms with van der Waals surface area (Å²) in [4.78, 5) is 12.5. The zero-order valence-electron chi connectivity index (χ0n) is 14.8. The van der Waals surface area contributed by atoms with Gasteiger partial charge in [-0.1, -0.05) is 13.0 Å². The van der Waals surface area contributed by atoms with Crippen molar-refractivity contribution in [2.45, 2.75) is 19.4 Å². The van der Waals surface area contributed by atoms with Crippen molar-refractivity contribution in [3.8, 4) is 5.75 Å². The minimum atomic E-state index is -3.40. The Morgan fingerprint density at radius 2 is 1.88 bits per heavy atom. The number of hydrogen-bond donors (Lipinski definition) is 1. The fraction of sp³-hybridized carbons (Fsp3) is 0.278. The lowest BCUT2D eigenvalue weighted by atomic mass is 10.2. The van der Waals surface area contributed by atoms with Crippen LogP contribution < -0.4 is 14.4 Å². The highest BCUT2D eigenvalue weighted by Crippen LogP contribution is 2.21. The van der Waals surface area contributed by atoms with Gasteiger partial charge in [0.25, 0.3) is 5.91 Å². The number of nitrogens with zero attached hydrogens (tertiary/aromatic N) is 1. The van der Waals surface area contributed by atoms with E-state index in [0.29, 0.717) is 23.5 Å². The van der Waals surface area contributed by atoms with Crippen LogP contribution >= 0.6 is 0 Å². The Morgan fingerprint density at radius 3 is 2.46 bits per heavy atom. The van der Waals surface area contributed by atoms with Crippen LogP contribution in [-0.2, 0) is 14.8 Å². The van der Waals surface area contributed by atoms with E-state index in [9.17, 15) is 17.6 Å². The van der Waals surface area contributed by atoms with Gasteiger partial charge in [-0.2, -0.15) is 0 Å². The van der Waals surface area contributed by atoms with Gasteiger partial charge in [-0.3, -0.25) is 9.10 Å². The second-order valence-electron chi connectivity index (χ2n) is 5.74. The van der Waals surface area contributed by atoms with Crippen LogP contribution in [0.5, 0.6) is 5.75 Å². The molecule has 8 heteroatoms. The average Bonchev–Trinajstić information content (AvgIpc) is 2.60. The van der Waals surface area contributed by atoms with Crippen molar-refractivity contribution in [3.05, 3.63) is 54.3 Å². The van der Waals surface area contributed by atoms with E-state index in [2.05, 4.69) is 5.32 Å². The minimum absolute atomic E-state index is 0.379. The van der Waals surface area contributed by atoms with Gasteiger partial charge >= 0.3 is 0 Å². The summed E-state index contributed by atoms with van der Waals surface area (Å²) in [6, 6.07) is 11.9. The Bertz CT molecular complexity index is 869. The van der Waals surface area contributed by atoms with Gasteiger partial charge in [0.05, 0.1) is 11.9 Å². The molecule has 0 bridgehead atoms. The molecular formula is C18H21FN2O4S. The maximum atomic E-state index is 13.0. The van der Waals surface area contributed by atoms with Crippen LogP contribution in [0.3, 0.4) is 0 Å². The molecule has 0 radical (unpaired) electrons. The lowest BCUT2D eigenvalue weighted by molar-refractivity contribution is -0.122. The molecule has 1 atom stereocenters. The molecule has 0 heterocycles. The van der Waals surface area contributed by atoms with Crippen LogP contribution in [0.1, 0.15) is 13.3 Å². The Morgan fingerprint density at radius 1 is 1.23 bits per heavy atom. The molecule has 1 N–H and O–H groups in total. The standard InChI is InChI=1S/C18H21FN2O4S/c1-4-17(25-16-10-8-13(19)9-11-16)18(22)20-14-6-5-7-15(12-14)21(2)26(3,23)24/h5-12,17H,4H2,1-3H3,(H,20,22)/t17-/m0/s1. The molecule has 0 saturated carbocycles. The largest absolute Gasteiger partial charge is 0.481 e. The van der Waals surface area contributed by atoms with Crippen LogP contribution in [0.2, 0.25) is 0 Å². The molecule has 0 unspecified atom stereocenters. The van der Waals surface area contributed by atoms with E-state index >= 15 is 0 Å². The summed E-state index contributed by atoms with van der Waals surface area (Å²) < 4.78 is 43.0. The molecule has 0 fully saturated rings. The molecule has 0 spiro atoms. The maximum absolute atomic E-state index is 13.0. The summed E-state index contributed by atoms with van der Waals surface area (Å²) in [6.07, 6.45) is 0.741. The molecule has 1 amide bonds. The SMILES string of the molecule is CC[C@H](Oc1ccc(F)cc1)C(=O)Nc1cccc(N(C)S(C)(=O)=O)c1. The van der Waals surface area contributed by atoms with E-state index < -0.39 is 16.1 Å². The van der Waals surface area contributed by atoms with Crippen LogP contribution in [-0.4, -0.2) is 33.7 Å². The van der Waals surface area contributed by atoms with Crippen molar-refractivity contribution < 1.29 is 22.3 Å². The highest BCUT2D eigenvalue weighted by molar-refractivity contribution is 7.92. The quantitative estimate of drug-likeness (QED) is 0.801. The normalized spacial score (nSPS) is 12.3. The molecule has 0 aliphatic rings. The lowest BCUT2D eigenvalue weighted by Crippen LogP contribution is -2.32. The van der Waals surface area contributed by atoms with Crippen molar-refractivity contribution in [1.82, 2.24) is 0 Å². The molecule has 0 aliphatic heterocycles. The number of carbonyl (C=O) groups excluding carboxylic acids is 1. The van der Waals surface area contributed by atoms with Crippen LogP contribution in [0, 0.1) is 5.82 Å². The number of carbonyl (C=O) groups is 1. The highest BCUT2D eigenvalue weighted by atomic mass is 32.2. The topological polar surface area (TPSA) is 75.7 Å². The summed E-state index contributed by atoms with van der Waals surface area (Å²) in [7, 11) is -1.97. The van der Waals surface area contributed by atoms with Gasteiger partial charge in [0, 0.05) is 12.7 Å². The number of benzene rings is 2. The maximum Gasteiger partial charge on any atom is 0.265 e. The molecular weight excluding hydrogens is 359 g/mol. The van der Waals surface area contributed by atoms with Crippen molar-refractivity contribution in [1.29, 1.82) is 0 Å². The predicted molar refractivity (Wildman–Crippen MR) is 99.4 cm³/mol. The van der Waals surface area contributed by atoms with Gasteiger partial charge in [-0.25, -0.2) is 12.8 Å². The number of ether oxygens (including phenoxy) is 1. The van der Waals surface area contributed by atoms with Gasteiger partial charge in [0.2, 0.25) is 10.0 Å². The van der Waals surface area contributed by atoms with E-state index in [4.69, 9.17) is 4.74 Å². The molecule has 140 valence electrons. The zero-order chi connectivity index (χ0) is 19.3. The molecule has 0 aromatic heterocycles. The van der Waals surface area contributed by atoms with Gasteiger partial charge in [-0.15, -0.1) is 0 Å². The molecule has 0 saturated heterocycles. The number of rotatable bonds is 7. The van der Waals surface area contributed by atoms with Gasteiger partial charge in [-0.05, 0) is 48.9 Å². The predicted octanol–water partition coefficient (Wildman–Crippen LogP) is 3.02. The monoisotopic (exact) mass is 380 g/mol. The Labute approximate surface area is 152 Å². The summed E-state index contributed by atoms with van der Waals surface area (Å²) in [5.74, 6) is -0.378. The van der Waals surface area contributed by atoms with Crippen LogP contribution in [0.4, 0.5) is 15.8 Å². The van der Waals surface area contributed by atoms with E-state index in [1.54, 1.807) is 31.2 Å². The van der Waals surface area contributed by atoms with Crippen LogP contribution in [0.15, 0.2) is 48.5 Å². The molecule has 0 aliphatic carbocycles. The van der Waals surface area contributed by atoms with Crippen molar-refractivity contribution >= 4 is 27.3 Å². The van der Waals surface area contributed by atoms with Crippen molar-refractivity contribution in [2.24, 2.45) is 0 Å². The summed E-state index contributed by atoms with van der Waals surface area (Å²) in [5, 5.41) is 2.71. The number of nitrogens with one attached hydrogen (secondary N) is 1. The van der Waals surface area contributed by atoms with E-state index in [0.717, 1.165) is 10.6 Å². The van der Waals surface area contributed by atoms with E-state index in [1.807, 2.05) is 0 Å². The smallest absolute Gasteiger partial charge is 0.265 e. The molecule has 6 nitrogen and oxygen atoms in total. The third kappa shape index (κ3) is 5.19. The number of hydrogen-bond acceptors (Lipinski definition) is 4. The number of sulfonamides is 1. The summed E-state index contributed by atoms with van der Waals surface area (Å²) in [5.41, 5.74) is 0.877. The number of halogens is 1. The second-order valence-corrected chi connectivity index (χ2v) is 7.75. The third-order valence-corrected chi connectivity index (χ3v) is 4.94. The second kappa shape index (κ2) is 8.18. The Hall–Kier alpha value is -2.61. The fourth-order valence-corrected chi connectivity index (χ4v) is 2.69. The molecule has 2 aromatic rings. The summed E-state index contributed by atoms with van der Waals surface area (Å²) >= 11 is 0. The first-order valence-electron chi connectivity index (χ1n) is 7.97. The number of anilines is 2. The molecule has 2 rings (SSSR count). The Balaban J connectivity index is 2.11. The van der Waals surface area contributed by atoms with Crippen LogP contribution in [0.25, 0.3) is 0 Å². The van der Waals surface area contributed by atoms with Gasteiger partial charge in [0.15, 0.2) is 6.10 Å². The van der Waals surface area contributed by atoms with E-state index in [1.165, 1.54) is 31.3 Å². The van der Waals surface area contributed by atoms with Gasteiger partial charge < -0.3 is 10.1 Å².